The number of nitrogens with one attached hydrogen (secondary N) is 2. The number of hydrogen-bond donors (Lipinski definition) is 2. The van der Waals surface area contributed by atoms with Gasteiger partial charge in [0.2, 0.25) is 10.0 Å². The SMILES string of the molecule is CCCS(=O)(=O)NC(C)[C@H]1CCCC[C@@]1(C(=S)NC)c1cccnc1. The predicted octanol–water partition coefficient (Wildman–Crippen LogP) is 2.77. The van der Waals surface area contributed by atoms with Crippen molar-refractivity contribution in [2.75, 3.05) is 12.8 Å². The second kappa shape index (κ2) is 8.56. The van der Waals surface area contributed by atoms with Crippen LogP contribution in [0.4, 0.5) is 0 Å². The van der Waals surface area contributed by atoms with E-state index < -0.39 is 10.0 Å². The zero-order valence-corrected chi connectivity index (χ0v) is 16.9. The lowest BCUT2D eigenvalue weighted by Gasteiger charge is -2.47. The van der Waals surface area contributed by atoms with Crippen molar-refractivity contribution in [2.24, 2.45) is 5.92 Å². The Morgan fingerprint density at radius 3 is 2.84 bits per heavy atom. The zero-order valence-electron chi connectivity index (χ0n) is 15.3. The van der Waals surface area contributed by atoms with E-state index in [4.69, 9.17) is 12.2 Å². The van der Waals surface area contributed by atoms with Crippen LogP contribution in [-0.4, -0.2) is 37.2 Å². The summed E-state index contributed by atoms with van der Waals surface area (Å²) < 4.78 is 27.5. The molecular formula is C18H29N3O2S2. The molecule has 3 atom stereocenters. The second-order valence-electron chi connectivity index (χ2n) is 6.87. The van der Waals surface area contributed by atoms with Crippen molar-refractivity contribution in [2.45, 2.75) is 57.4 Å². The van der Waals surface area contributed by atoms with E-state index in [2.05, 4.69) is 21.1 Å². The van der Waals surface area contributed by atoms with Crippen molar-refractivity contribution in [1.82, 2.24) is 15.0 Å². The summed E-state index contributed by atoms with van der Waals surface area (Å²) in [5.74, 6) is 0.248. The molecule has 0 spiro atoms. The van der Waals surface area contributed by atoms with Crippen molar-refractivity contribution in [3.63, 3.8) is 0 Å². The van der Waals surface area contributed by atoms with Crippen molar-refractivity contribution in [1.29, 1.82) is 0 Å². The molecule has 0 saturated heterocycles. The number of sulfonamides is 1. The maximum absolute atomic E-state index is 12.3. The monoisotopic (exact) mass is 383 g/mol. The van der Waals surface area contributed by atoms with Gasteiger partial charge in [-0.05, 0) is 43.7 Å². The highest BCUT2D eigenvalue weighted by Crippen LogP contribution is 2.46. The molecule has 1 aromatic rings. The third kappa shape index (κ3) is 4.38. The maximum atomic E-state index is 12.3. The first-order chi connectivity index (χ1) is 11.9. The summed E-state index contributed by atoms with van der Waals surface area (Å²) >= 11 is 5.74. The Morgan fingerprint density at radius 1 is 1.48 bits per heavy atom. The van der Waals surface area contributed by atoms with E-state index in [0.29, 0.717) is 6.42 Å². The van der Waals surface area contributed by atoms with Crippen molar-refractivity contribution in [3.05, 3.63) is 30.1 Å². The van der Waals surface area contributed by atoms with Gasteiger partial charge in [-0.25, -0.2) is 13.1 Å². The van der Waals surface area contributed by atoms with Gasteiger partial charge in [0.15, 0.2) is 0 Å². The lowest BCUT2D eigenvalue weighted by molar-refractivity contribution is 0.213. The van der Waals surface area contributed by atoms with Gasteiger partial charge in [-0.3, -0.25) is 4.98 Å². The smallest absolute Gasteiger partial charge is 0.211 e. The molecule has 7 heteroatoms. The molecule has 2 N–H and O–H groups in total. The number of aromatic nitrogens is 1. The van der Waals surface area contributed by atoms with Gasteiger partial charge in [-0.2, -0.15) is 0 Å². The third-order valence-electron chi connectivity index (χ3n) is 5.22. The first kappa shape index (κ1) is 20.3. The Hall–Kier alpha value is -1.05. The Bertz CT molecular complexity index is 679. The molecule has 0 aromatic carbocycles. The van der Waals surface area contributed by atoms with Gasteiger partial charge in [-0.1, -0.05) is 38.0 Å². The molecule has 0 radical (unpaired) electrons. The first-order valence-electron chi connectivity index (χ1n) is 9.00. The van der Waals surface area contributed by atoms with E-state index in [1.54, 1.807) is 6.20 Å². The number of thiocarbonyl (C=S) groups is 1. The van der Waals surface area contributed by atoms with Crippen molar-refractivity contribution in [3.8, 4) is 0 Å². The van der Waals surface area contributed by atoms with Crippen LogP contribution in [0.15, 0.2) is 24.5 Å². The highest BCUT2D eigenvalue weighted by molar-refractivity contribution is 7.89. The molecule has 1 aliphatic rings. The lowest BCUT2D eigenvalue weighted by atomic mass is 9.60. The van der Waals surface area contributed by atoms with Crippen LogP contribution in [-0.2, 0) is 15.4 Å². The van der Waals surface area contributed by atoms with Gasteiger partial charge in [0.25, 0.3) is 0 Å². The van der Waals surface area contributed by atoms with Crippen LogP contribution in [0.5, 0.6) is 0 Å². The number of hydrogen-bond acceptors (Lipinski definition) is 4. The predicted molar refractivity (Wildman–Crippen MR) is 106 cm³/mol. The molecule has 140 valence electrons. The average molecular weight is 384 g/mol. The Balaban J connectivity index is 2.43. The highest BCUT2D eigenvalue weighted by atomic mass is 32.2. The maximum Gasteiger partial charge on any atom is 0.211 e. The molecule has 1 unspecified atom stereocenters. The molecule has 1 saturated carbocycles. The number of nitrogens with zero attached hydrogens (tertiary/aromatic N) is 1. The minimum atomic E-state index is -3.27. The lowest BCUT2D eigenvalue weighted by Crippen LogP contribution is -2.56. The van der Waals surface area contributed by atoms with Gasteiger partial charge < -0.3 is 5.32 Å². The molecule has 0 bridgehead atoms. The first-order valence-corrected chi connectivity index (χ1v) is 11.1. The Morgan fingerprint density at radius 2 is 2.24 bits per heavy atom. The van der Waals surface area contributed by atoms with Crippen molar-refractivity contribution < 1.29 is 8.42 Å². The Labute approximate surface area is 157 Å². The quantitative estimate of drug-likeness (QED) is 0.709. The summed E-state index contributed by atoms with van der Waals surface area (Å²) in [6.45, 7) is 3.84. The van der Waals surface area contributed by atoms with Crippen LogP contribution in [0.2, 0.25) is 0 Å². The summed E-state index contributed by atoms with van der Waals surface area (Å²) in [6.07, 6.45) is 8.23. The van der Waals surface area contributed by atoms with Crippen LogP contribution in [0, 0.1) is 5.92 Å². The fraction of sp³-hybridized carbons (Fsp3) is 0.667. The molecule has 25 heavy (non-hydrogen) atoms. The van der Waals surface area contributed by atoms with Gasteiger partial charge >= 0.3 is 0 Å². The van der Waals surface area contributed by atoms with Gasteiger partial charge in [-0.15, -0.1) is 0 Å². The minimum Gasteiger partial charge on any atom is -0.382 e. The normalized spacial score (nSPS) is 25.3. The van der Waals surface area contributed by atoms with E-state index in [-0.39, 0.29) is 23.1 Å². The van der Waals surface area contributed by atoms with E-state index in [1.165, 1.54) is 0 Å². The number of rotatable bonds is 7. The molecule has 1 aliphatic carbocycles. The van der Waals surface area contributed by atoms with Crippen LogP contribution in [0.1, 0.15) is 51.5 Å². The molecule has 2 rings (SSSR count). The van der Waals surface area contributed by atoms with Gasteiger partial charge in [0, 0.05) is 25.5 Å². The molecule has 5 nitrogen and oxygen atoms in total. The molecule has 0 aliphatic heterocycles. The fourth-order valence-corrected chi connectivity index (χ4v) is 5.95. The molecule has 1 heterocycles. The fourth-order valence-electron chi connectivity index (χ4n) is 4.19. The standard InChI is InChI=1S/C18H29N3O2S2/c1-4-12-25(22,23)21-14(2)16-9-5-6-10-18(16,17(24)19-3)15-8-7-11-20-13-15/h7-8,11,13-14,16,21H,4-6,9-10,12H2,1-3H3,(H,19,24)/t14?,16-,18-/m1/s1. The average Bonchev–Trinajstić information content (AvgIpc) is 2.61. The summed E-state index contributed by atoms with van der Waals surface area (Å²) in [5.41, 5.74) is 0.686. The minimum absolute atomic E-state index is 0.0945. The molecule has 1 aromatic heterocycles. The summed E-state index contributed by atoms with van der Waals surface area (Å²) in [7, 11) is -1.43. The molecular weight excluding hydrogens is 354 g/mol. The third-order valence-corrected chi connectivity index (χ3v) is 7.46. The largest absolute Gasteiger partial charge is 0.382 e. The van der Waals surface area contributed by atoms with Gasteiger partial charge in [0.1, 0.15) is 0 Å². The van der Waals surface area contributed by atoms with Gasteiger partial charge in [0.05, 0.1) is 16.2 Å². The topological polar surface area (TPSA) is 71.1 Å². The number of pyridine rings is 1. The Kier molecular flexibility index (Phi) is 6.93. The summed E-state index contributed by atoms with van der Waals surface area (Å²) in [5, 5.41) is 3.17. The van der Waals surface area contributed by atoms with E-state index in [9.17, 15) is 8.42 Å². The van der Waals surface area contributed by atoms with Crippen molar-refractivity contribution >= 4 is 27.2 Å². The summed E-state index contributed by atoms with van der Waals surface area (Å²) in [6, 6.07) is 3.79. The second-order valence-corrected chi connectivity index (χ2v) is 9.15. The van der Waals surface area contributed by atoms with Crippen LogP contribution in [0.3, 0.4) is 0 Å². The van der Waals surface area contributed by atoms with Crippen LogP contribution < -0.4 is 10.0 Å². The number of likely N-dealkylation sites (N-methyl/N-ethyl adjacent to an activating group) is 1. The van der Waals surface area contributed by atoms with E-state index >= 15 is 0 Å². The van der Waals surface area contributed by atoms with E-state index in [0.717, 1.165) is 36.2 Å². The van der Waals surface area contributed by atoms with Crippen LogP contribution in [0.25, 0.3) is 0 Å². The highest BCUT2D eigenvalue weighted by Gasteiger charge is 2.48. The van der Waals surface area contributed by atoms with E-state index in [1.807, 2.05) is 33.2 Å². The van der Waals surface area contributed by atoms with Crippen LogP contribution >= 0.6 is 12.2 Å². The molecule has 0 amide bonds. The zero-order chi connectivity index (χ0) is 18.5. The summed E-state index contributed by atoms with van der Waals surface area (Å²) in [4.78, 5) is 5.06. The molecule has 1 fully saturated rings.